The van der Waals surface area contributed by atoms with E-state index < -0.39 is 0 Å². The van der Waals surface area contributed by atoms with Crippen molar-refractivity contribution in [3.63, 3.8) is 0 Å². The number of methoxy groups -OCH3 is 1. The molecule has 0 atom stereocenters. The molecule has 3 aromatic rings. The number of hydrazone groups is 1. The van der Waals surface area contributed by atoms with Crippen molar-refractivity contribution >= 4 is 35.3 Å². The lowest BCUT2D eigenvalue weighted by atomic mass is 10.1. The van der Waals surface area contributed by atoms with Crippen LogP contribution in [0.4, 0.5) is 0 Å². The predicted molar refractivity (Wildman–Crippen MR) is 136 cm³/mol. The second-order valence-corrected chi connectivity index (χ2v) is 8.50. The second kappa shape index (κ2) is 11.8. The number of nitrogens with zero attached hydrogens (tertiary/aromatic N) is 1. The van der Waals surface area contributed by atoms with Gasteiger partial charge in [0.25, 0.3) is 5.91 Å². The van der Waals surface area contributed by atoms with E-state index in [2.05, 4.69) is 16.6 Å². The normalized spacial score (nSPS) is 10.9. The van der Waals surface area contributed by atoms with Gasteiger partial charge in [0.05, 0.1) is 13.3 Å². The maximum atomic E-state index is 12.1. The van der Waals surface area contributed by atoms with Crippen molar-refractivity contribution in [2.75, 3.05) is 13.7 Å². The Labute approximate surface area is 209 Å². The molecule has 0 heterocycles. The van der Waals surface area contributed by atoms with Gasteiger partial charge in [0.15, 0.2) is 18.1 Å². The molecule has 0 unspecified atom stereocenters. The Hall–Kier alpha value is -3.22. The highest BCUT2D eigenvalue weighted by Gasteiger charge is 2.10. The highest BCUT2D eigenvalue weighted by molar-refractivity contribution is 6.35. The van der Waals surface area contributed by atoms with Gasteiger partial charge in [-0.15, -0.1) is 0 Å². The molecule has 1 amide bonds. The van der Waals surface area contributed by atoms with E-state index in [0.29, 0.717) is 38.4 Å². The molecule has 0 bridgehead atoms. The SMILES string of the molecule is COc1cc(/C=N/NC(=O)COc2cc(C)cc(C)c2C)ccc1OCc1c(Cl)cccc1Cl. The van der Waals surface area contributed by atoms with Gasteiger partial charge in [-0.25, -0.2) is 5.43 Å². The molecule has 0 saturated heterocycles. The summed E-state index contributed by atoms with van der Waals surface area (Å²) < 4.78 is 16.9. The Morgan fingerprint density at radius 2 is 1.71 bits per heavy atom. The lowest BCUT2D eigenvalue weighted by molar-refractivity contribution is -0.123. The average molecular weight is 501 g/mol. The maximum absolute atomic E-state index is 12.1. The molecule has 0 spiro atoms. The first kappa shape index (κ1) is 25.4. The fraction of sp³-hybridized carbons (Fsp3) is 0.231. The van der Waals surface area contributed by atoms with Crippen molar-refractivity contribution in [2.45, 2.75) is 27.4 Å². The van der Waals surface area contributed by atoms with E-state index in [0.717, 1.165) is 16.7 Å². The summed E-state index contributed by atoms with van der Waals surface area (Å²) in [7, 11) is 1.54. The third kappa shape index (κ3) is 6.65. The van der Waals surface area contributed by atoms with E-state index in [1.54, 1.807) is 43.5 Å². The molecular formula is C26H26Cl2N2O4. The van der Waals surface area contributed by atoms with Crippen molar-refractivity contribution in [2.24, 2.45) is 5.10 Å². The van der Waals surface area contributed by atoms with Crippen LogP contribution in [0.1, 0.15) is 27.8 Å². The summed E-state index contributed by atoms with van der Waals surface area (Å²) in [6, 6.07) is 14.6. The minimum atomic E-state index is -0.363. The number of hydrogen-bond acceptors (Lipinski definition) is 5. The molecule has 0 fully saturated rings. The van der Waals surface area contributed by atoms with Gasteiger partial charge in [-0.1, -0.05) is 35.3 Å². The molecule has 178 valence electrons. The van der Waals surface area contributed by atoms with E-state index in [4.69, 9.17) is 37.4 Å². The lowest BCUT2D eigenvalue weighted by Crippen LogP contribution is -2.24. The zero-order valence-electron chi connectivity index (χ0n) is 19.4. The fourth-order valence-electron chi connectivity index (χ4n) is 3.21. The van der Waals surface area contributed by atoms with E-state index in [1.807, 2.05) is 26.8 Å². The summed E-state index contributed by atoms with van der Waals surface area (Å²) in [6.45, 7) is 6.01. The summed E-state index contributed by atoms with van der Waals surface area (Å²) in [5.74, 6) is 1.36. The number of benzene rings is 3. The smallest absolute Gasteiger partial charge is 0.277 e. The van der Waals surface area contributed by atoms with Crippen LogP contribution >= 0.6 is 23.2 Å². The number of hydrogen-bond donors (Lipinski definition) is 1. The Kier molecular flexibility index (Phi) is 8.79. The van der Waals surface area contributed by atoms with Gasteiger partial charge in [-0.2, -0.15) is 5.10 Å². The van der Waals surface area contributed by atoms with Crippen LogP contribution in [0.15, 0.2) is 53.6 Å². The summed E-state index contributed by atoms with van der Waals surface area (Å²) in [4.78, 5) is 12.1. The van der Waals surface area contributed by atoms with Crippen LogP contribution in [0.5, 0.6) is 17.2 Å². The molecule has 3 aromatic carbocycles. The molecule has 0 saturated carbocycles. The average Bonchev–Trinajstić information content (AvgIpc) is 2.80. The largest absolute Gasteiger partial charge is 0.493 e. The number of amides is 1. The van der Waals surface area contributed by atoms with E-state index >= 15 is 0 Å². The van der Waals surface area contributed by atoms with Gasteiger partial charge in [-0.3, -0.25) is 4.79 Å². The van der Waals surface area contributed by atoms with Crippen molar-refractivity contribution in [1.82, 2.24) is 5.43 Å². The van der Waals surface area contributed by atoms with Crippen LogP contribution in [0, 0.1) is 20.8 Å². The molecular weight excluding hydrogens is 475 g/mol. The quantitative estimate of drug-likeness (QED) is 0.287. The molecule has 0 aromatic heterocycles. The zero-order valence-corrected chi connectivity index (χ0v) is 21.0. The Morgan fingerprint density at radius 3 is 2.41 bits per heavy atom. The Morgan fingerprint density at radius 1 is 0.971 bits per heavy atom. The lowest BCUT2D eigenvalue weighted by Gasteiger charge is -2.13. The first-order chi connectivity index (χ1) is 16.3. The van der Waals surface area contributed by atoms with E-state index in [-0.39, 0.29) is 19.1 Å². The number of carbonyl (C=O) groups is 1. The van der Waals surface area contributed by atoms with E-state index in [9.17, 15) is 4.79 Å². The van der Waals surface area contributed by atoms with Crippen LogP contribution in [-0.2, 0) is 11.4 Å². The van der Waals surface area contributed by atoms with Crippen LogP contribution in [0.2, 0.25) is 10.0 Å². The number of ether oxygens (including phenoxy) is 3. The van der Waals surface area contributed by atoms with Crippen LogP contribution < -0.4 is 19.6 Å². The highest BCUT2D eigenvalue weighted by atomic mass is 35.5. The first-order valence-corrected chi connectivity index (χ1v) is 11.3. The van der Waals surface area contributed by atoms with Gasteiger partial charge in [0, 0.05) is 15.6 Å². The van der Waals surface area contributed by atoms with Gasteiger partial charge < -0.3 is 14.2 Å². The summed E-state index contributed by atoms with van der Waals surface area (Å²) in [5.41, 5.74) is 7.07. The maximum Gasteiger partial charge on any atom is 0.277 e. The third-order valence-corrected chi connectivity index (χ3v) is 5.86. The van der Waals surface area contributed by atoms with Crippen LogP contribution in [0.25, 0.3) is 0 Å². The first-order valence-electron chi connectivity index (χ1n) is 10.5. The fourth-order valence-corrected chi connectivity index (χ4v) is 3.72. The molecule has 0 aliphatic carbocycles. The molecule has 6 nitrogen and oxygen atoms in total. The standard InChI is InChI=1S/C26H26Cl2N2O4/c1-16-10-17(2)18(3)24(11-16)34-15-26(31)30-29-13-19-8-9-23(25(12-19)32-4)33-14-20-21(27)6-5-7-22(20)28/h5-13H,14-15H2,1-4H3,(H,30,31)/b29-13+. The highest BCUT2D eigenvalue weighted by Crippen LogP contribution is 2.31. The summed E-state index contributed by atoms with van der Waals surface area (Å²) in [5, 5.41) is 5.06. The minimum Gasteiger partial charge on any atom is -0.493 e. The number of halogens is 2. The predicted octanol–water partition coefficient (Wildman–Crippen LogP) is 6.04. The Balaban J connectivity index is 1.57. The van der Waals surface area contributed by atoms with Crippen molar-refractivity contribution in [3.05, 3.63) is 86.4 Å². The molecule has 8 heteroatoms. The van der Waals surface area contributed by atoms with Gasteiger partial charge >= 0.3 is 0 Å². The van der Waals surface area contributed by atoms with Crippen LogP contribution in [-0.4, -0.2) is 25.8 Å². The number of carbonyl (C=O) groups excluding carboxylic acids is 1. The molecule has 0 radical (unpaired) electrons. The zero-order chi connectivity index (χ0) is 24.7. The van der Waals surface area contributed by atoms with E-state index in [1.165, 1.54) is 6.21 Å². The van der Waals surface area contributed by atoms with Gasteiger partial charge in [0.1, 0.15) is 12.4 Å². The summed E-state index contributed by atoms with van der Waals surface area (Å²) >= 11 is 12.4. The Bertz CT molecular complexity index is 1190. The molecule has 1 N–H and O–H groups in total. The van der Waals surface area contributed by atoms with Crippen molar-refractivity contribution in [3.8, 4) is 17.2 Å². The number of rotatable bonds is 9. The minimum absolute atomic E-state index is 0.137. The third-order valence-electron chi connectivity index (χ3n) is 5.15. The molecule has 34 heavy (non-hydrogen) atoms. The molecule has 0 aliphatic heterocycles. The van der Waals surface area contributed by atoms with Gasteiger partial charge in [-0.05, 0) is 79.4 Å². The topological polar surface area (TPSA) is 69.2 Å². The second-order valence-electron chi connectivity index (χ2n) is 7.69. The van der Waals surface area contributed by atoms with Crippen molar-refractivity contribution in [1.29, 1.82) is 0 Å². The molecule has 3 rings (SSSR count). The molecule has 0 aliphatic rings. The van der Waals surface area contributed by atoms with Crippen molar-refractivity contribution < 1.29 is 19.0 Å². The monoisotopic (exact) mass is 500 g/mol. The van der Waals surface area contributed by atoms with Crippen LogP contribution in [0.3, 0.4) is 0 Å². The summed E-state index contributed by atoms with van der Waals surface area (Å²) in [6.07, 6.45) is 1.51. The number of nitrogens with one attached hydrogen (secondary N) is 1. The number of aryl methyl sites for hydroxylation is 2. The van der Waals surface area contributed by atoms with Gasteiger partial charge in [0.2, 0.25) is 0 Å².